The number of ether oxygens (including phenoxy) is 1. The molecular weight excluding hydrogens is 644 g/mol. The summed E-state index contributed by atoms with van der Waals surface area (Å²) in [4.78, 5) is 33.3. The number of nitrogens with zero attached hydrogens (tertiary/aromatic N) is 3. The molecule has 2 saturated heterocycles. The van der Waals surface area contributed by atoms with Crippen molar-refractivity contribution >= 4 is 45.0 Å². The number of benzene rings is 3. The predicted octanol–water partition coefficient (Wildman–Crippen LogP) is 5.67. The molecule has 238 valence electrons. The second kappa shape index (κ2) is 14.2. The van der Waals surface area contributed by atoms with Crippen molar-refractivity contribution < 1.29 is 23.1 Å². The minimum Gasteiger partial charge on any atom is -0.381 e. The molecular formula is C34H38BrF2N5O3. The zero-order chi connectivity index (χ0) is 32.2. The Bertz CT molecular complexity index is 1580. The third-order valence-corrected chi connectivity index (χ3v) is 9.21. The number of nitrogens with one attached hydrogen (secondary N) is 2. The molecule has 0 radical (unpaired) electrons. The first-order valence-corrected chi connectivity index (χ1v) is 15.9. The van der Waals surface area contributed by atoms with Gasteiger partial charge in [-0.25, -0.2) is 8.78 Å². The number of carbonyl (C=O) groups is 2. The predicted molar refractivity (Wildman–Crippen MR) is 175 cm³/mol. The molecule has 0 atom stereocenters. The number of hydrogen-bond acceptors (Lipinski definition) is 6. The molecule has 0 spiro atoms. The van der Waals surface area contributed by atoms with Crippen LogP contribution in [0.15, 0.2) is 53.0 Å². The molecule has 11 heteroatoms. The SMILES string of the molecule is CC(=O)N(c1cc(N2CCN(C)CC2)ccc1C(=O)NC(=N)c1cc(Cc2cc(F)cc(F)c2)c(Br)cc1C)C1CCOCC1. The van der Waals surface area contributed by atoms with Crippen molar-refractivity contribution in [2.75, 3.05) is 56.2 Å². The van der Waals surface area contributed by atoms with E-state index >= 15 is 0 Å². The molecule has 2 amide bonds. The van der Waals surface area contributed by atoms with Crippen molar-refractivity contribution in [3.8, 4) is 0 Å². The summed E-state index contributed by atoms with van der Waals surface area (Å²) in [6, 6.07) is 12.4. The highest BCUT2D eigenvalue weighted by molar-refractivity contribution is 9.10. The lowest BCUT2D eigenvalue weighted by Crippen LogP contribution is -2.45. The number of hydrogen-bond donors (Lipinski definition) is 2. The Labute approximate surface area is 271 Å². The van der Waals surface area contributed by atoms with Crippen LogP contribution >= 0.6 is 15.9 Å². The van der Waals surface area contributed by atoms with E-state index in [0.717, 1.165) is 48.0 Å². The van der Waals surface area contributed by atoms with E-state index in [1.165, 1.54) is 19.1 Å². The molecule has 2 N–H and O–H groups in total. The first-order valence-electron chi connectivity index (χ1n) is 15.1. The molecule has 2 aliphatic heterocycles. The van der Waals surface area contributed by atoms with Crippen LogP contribution in [-0.4, -0.2) is 75.0 Å². The molecule has 0 aliphatic carbocycles. The summed E-state index contributed by atoms with van der Waals surface area (Å²) in [6.07, 6.45) is 1.54. The highest BCUT2D eigenvalue weighted by Crippen LogP contribution is 2.32. The maximum Gasteiger partial charge on any atom is 0.258 e. The summed E-state index contributed by atoms with van der Waals surface area (Å²) >= 11 is 3.53. The summed E-state index contributed by atoms with van der Waals surface area (Å²) in [5.41, 5.74) is 4.11. The van der Waals surface area contributed by atoms with Gasteiger partial charge in [0.1, 0.15) is 17.5 Å². The van der Waals surface area contributed by atoms with Gasteiger partial charge in [-0.1, -0.05) is 15.9 Å². The molecule has 5 rings (SSSR count). The van der Waals surface area contributed by atoms with Gasteiger partial charge in [0.05, 0.1) is 11.3 Å². The van der Waals surface area contributed by atoms with Crippen LogP contribution in [0.1, 0.15) is 52.4 Å². The Morgan fingerprint density at radius 2 is 1.67 bits per heavy atom. The van der Waals surface area contributed by atoms with Crippen LogP contribution in [0, 0.1) is 24.0 Å². The van der Waals surface area contributed by atoms with E-state index in [0.29, 0.717) is 54.0 Å². The molecule has 2 aliphatic rings. The van der Waals surface area contributed by atoms with Gasteiger partial charge in [-0.3, -0.25) is 15.0 Å². The summed E-state index contributed by atoms with van der Waals surface area (Å²) in [7, 11) is 2.09. The fourth-order valence-corrected chi connectivity index (χ4v) is 6.64. The lowest BCUT2D eigenvalue weighted by Gasteiger charge is -2.37. The van der Waals surface area contributed by atoms with Gasteiger partial charge < -0.3 is 24.8 Å². The van der Waals surface area contributed by atoms with E-state index in [1.807, 2.05) is 25.1 Å². The van der Waals surface area contributed by atoms with E-state index in [1.54, 1.807) is 17.0 Å². The van der Waals surface area contributed by atoms with Gasteiger partial charge in [-0.05, 0) is 92.4 Å². The molecule has 2 fully saturated rings. The van der Waals surface area contributed by atoms with E-state index < -0.39 is 17.5 Å². The molecule has 0 bridgehead atoms. The largest absolute Gasteiger partial charge is 0.381 e. The maximum absolute atomic E-state index is 13.9. The number of aryl methyl sites for hydroxylation is 1. The maximum atomic E-state index is 13.9. The summed E-state index contributed by atoms with van der Waals surface area (Å²) in [6.45, 7) is 7.89. The van der Waals surface area contributed by atoms with Crippen LogP contribution in [0.4, 0.5) is 20.2 Å². The summed E-state index contributed by atoms with van der Waals surface area (Å²) in [5, 5.41) is 11.6. The average molecular weight is 683 g/mol. The molecule has 0 aromatic heterocycles. The van der Waals surface area contributed by atoms with Crippen LogP contribution in [0.25, 0.3) is 0 Å². The van der Waals surface area contributed by atoms with Gasteiger partial charge in [0, 0.05) is 74.1 Å². The number of anilines is 2. The van der Waals surface area contributed by atoms with E-state index in [-0.39, 0.29) is 24.2 Å². The fraction of sp³-hybridized carbons (Fsp3) is 0.382. The minimum absolute atomic E-state index is 0.117. The highest BCUT2D eigenvalue weighted by Gasteiger charge is 2.30. The number of piperazine rings is 1. The van der Waals surface area contributed by atoms with Crippen LogP contribution in [-0.2, 0) is 16.0 Å². The lowest BCUT2D eigenvalue weighted by molar-refractivity contribution is -0.117. The Morgan fingerprint density at radius 3 is 2.31 bits per heavy atom. The highest BCUT2D eigenvalue weighted by atomic mass is 79.9. The Hall–Kier alpha value is -3.67. The molecule has 8 nitrogen and oxygen atoms in total. The summed E-state index contributed by atoms with van der Waals surface area (Å²) in [5.74, 6) is -2.12. The van der Waals surface area contributed by atoms with E-state index in [2.05, 4.69) is 38.1 Å². The van der Waals surface area contributed by atoms with E-state index in [9.17, 15) is 18.4 Å². The third kappa shape index (κ3) is 7.77. The van der Waals surface area contributed by atoms with Gasteiger partial charge >= 0.3 is 0 Å². The van der Waals surface area contributed by atoms with Crippen molar-refractivity contribution in [3.63, 3.8) is 0 Å². The third-order valence-electron chi connectivity index (χ3n) is 8.47. The average Bonchev–Trinajstić information content (AvgIpc) is 2.99. The smallest absolute Gasteiger partial charge is 0.258 e. The Balaban J connectivity index is 1.45. The van der Waals surface area contributed by atoms with Crippen molar-refractivity contribution in [2.24, 2.45) is 0 Å². The second-order valence-electron chi connectivity index (χ2n) is 11.8. The fourth-order valence-electron chi connectivity index (χ4n) is 6.04. The van der Waals surface area contributed by atoms with Crippen molar-refractivity contribution in [1.82, 2.24) is 10.2 Å². The van der Waals surface area contributed by atoms with Gasteiger partial charge in [0.15, 0.2) is 0 Å². The molecule has 2 heterocycles. The first-order chi connectivity index (χ1) is 21.5. The van der Waals surface area contributed by atoms with Gasteiger partial charge in [-0.2, -0.15) is 0 Å². The van der Waals surface area contributed by atoms with Crippen molar-refractivity contribution in [3.05, 3.63) is 92.5 Å². The Morgan fingerprint density at radius 1 is 1.00 bits per heavy atom. The number of amides is 2. The molecule has 3 aromatic rings. The number of carbonyl (C=O) groups excluding carboxylic acids is 2. The van der Waals surface area contributed by atoms with Crippen molar-refractivity contribution in [1.29, 1.82) is 5.41 Å². The number of amidine groups is 1. The number of halogens is 3. The molecule has 0 saturated carbocycles. The zero-order valence-electron chi connectivity index (χ0n) is 25.8. The van der Waals surface area contributed by atoms with Gasteiger partial charge in [0.25, 0.3) is 5.91 Å². The quantitative estimate of drug-likeness (QED) is 0.248. The van der Waals surface area contributed by atoms with Gasteiger partial charge in [0.2, 0.25) is 5.91 Å². The zero-order valence-corrected chi connectivity index (χ0v) is 27.3. The van der Waals surface area contributed by atoms with E-state index in [4.69, 9.17) is 10.1 Å². The molecule has 45 heavy (non-hydrogen) atoms. The van der Waals surface area contributed by atoms with Gasteiger partial charge in [-0.15, -0.1) is 0 Å². The Kier molecular flexibility index (Phi) is 10.3. The number of rotatable bonds is 7. The molecule has 0 unspecified atom stereocenters. The van der Waals surface area contributed by atoms with Crippen molar-refractivity contribution in [2.45, 2.75) is 39.2 Å². The summed E-state index contributed by atoms with van der Waals surface area (Å²) < 4.78 is 34.0. The monoisotopic (exact) mass is 681 g/mol. The van der Waals surface area contributed by atoms with Crippen LogP contribution in [0.5, 0.6) is 0 Å². The van der Waals surface area contributed by atoms with Crippen LogP contribution < -0.4 is 15.1 Å². The van der Waals surface area contributed by atoms with Crippen LogP contribution in [0.3, 0.4) is 0 Å². The normalized spacial score (nSPS) is 16.0. The second-order valence-corrected chi connectivity index (χ2v) is 12.6. The first kappa shape index (κ1) is 32.7. The molecule has 3 aromatic carbocycles. The van der Waals surface area contributed by atoms with Crippen LogP contribution in [0.2, 0.25) is 0 Å². The standard InChI is InChI=1S/C34H38BrF2N5O3/c1-21-14-31(35)24(15-23-16-25(36)19-26(37)17-23)18-30(21)33(38)39-34(44)29-5-4-28(41-10-8-40(3)9-11-41)20-32(29)42(22(2)43)27-6-12-45-13-7-27/h4-5,14,16-20,27H,6-13,15H2,1-3H3,(H2,38,39,44). The number of likely N-dealkylation sites (N-methyl/N-ethyl adjacent to an activating group) is 1. The minimum atomic E-state index is -0.664. The topological polar surface area (TPSA) is 89.0 Å². The lowest BCUT2D eigenvalue weighted by atomic mass is 9.98.